The first kappa shape index (κ1) is 16.0. The standard InChI is InChI=1S/C14H26N2O3/c1-10(14(18)19)4-3-5-11(2)15-9-8-13(17)16-12-6-7-12/h10-12,15H,3-9H2,1-2H3,(H,16,17)(H,18,19). The zero-order valence-corrected chi connectivity index (χ0v) is 11.9. The summed E-state index contributed by atoms with van der Waals surface area (Å²) in [7, 11) is 0. The molecule has 5 heteroatoms. The molecule has 1 saturated carbocycles. The second kappa shape index (κ2) is 8.15. The molecule has 1 aliphatic carbocycles. The normalized spacial score (nSPS) is 17.8. The van der Waals surface area contributed by atoms with Crippen molar-refractivity contribution >= 4 is 11.9 Å². The van der Waals surface area contributed by atoms with Crippen LogP contribution in [0.2, 0.25) is 0 Å². The number of carboxylic acids is 1. The monoisotopic (exact) mass is 270 g/mol. The number of aliphatic carboxylic acids is 1. The Morgan fingerprint density at radius 1 is 1.26 bits per heavy atom. The van der Waals surface area contributed by atoms with Crippen LogP contribution in [0.1, 0.15) is 52.4 Å². The molecule has 110 valence electrons. The highest BCUT2D eigenvalue weighted by Crippen LogP contribution is 2.18. The molecule has 1 aliphatic rings. The number of nitrogens with one attached hydrogen (secondary N) is 2. The van der Waals surface area contributed by atoms with Crippen molar-refractivity contribution in [2.75, 3.05) is 6.54 Å². The molecule has 5 nitrogen and oxygen atoms in total. The summed E-state index contributed by atoms with van der Waals surface area (Å²) in [4.78, 5) is 22.1. The highest BCUT2D eigenvalue weighted by atomic mass is 16.4. The molecule has 19 heavy (non-hydrogen) atoms. The van der Waals surface area contributed by atoms with Gasteiger partial charge in [-0.05, 0) is 32.6 Å². The van der Waals surface area contributed by atoms with Crippen molar-refractivity contribution in [3.63, 3.8) is 0 Å². The van der Waals surface area contributed by atoms with Gasteiger partial charge < -0.3 is 15.7 Å². The summed E-state index contributed by atoms with van der Waals surface area (Å²) >= 11 is 0. The molecule has 2 unspecified atom stereocenters. The molecule has 0 aromatic carbocycles. The summed E-state index contributed by atoms with van der Waals surface area (Å²) in [5.74, 6) is -0.865. The lowest BCUT2D eigenvalue weighted by Crippen LogP contribution is -2.32. The third-order valence-corrected chi connectivity index (χ3v) is 3.48. The van der Waals surface area contributed by atoms with Crippen LogP contribution < -0.4 is 10.6 Å². The SMILES string of the molecule is CC(CCCC(C)C(=O)O)NCCC(=O)NC1CC1. The van der Waals surface area contributed by atoms with Crippen molar-refractivity contribution in [1.82, 2.24) is 10.6 Å². The molecule has 0 aliphatic heterocycles. The summed E-state index contributed by atoms with van der Waals surface area (Å²) in [6.45, 7) is 4.50. The molecule has 2 atom stereocenters. The first-order valence-electron chi connectivity index (χ1n) is 7.24. The van der Waals surface area contributed by atoms with E-state index in [2.05, 4.69) is 17.6 Å². The molecule has 0 aromatic rings. The number of carbonyl (C=O) groups is 2. The Morgan fingerprint density at radius 3 is 2.53 bits per heavy atom. The van der Waals surface area contributed by atoms with Crippen LogP contribution >= 0.6 is 0 Å². The fourth-order valence-corrected chi connectivity index (χ4v) is 1.92. The molecular weight excluding hydrogens is 244 g/mol. The minimum absolute atomic E-state index is 0.127. The third-order valence-electron chi connectivity index (χ3n) is 3.48. The van der Waals surface area contributed by atoms with Crippen molar-refractivity contribution in [1.29, 1.82) is 0 Å². The van der Waals surface area contributed by atoms with Gasteiger partial charge in [0, 0.05) is 25.0 Å². The maximum Gasteiger partial charge on any atom is 0.306 e. The van der Waals surface area contributed by atoms with E-state index >= 15 is 0 Å². The van der Waals surface area contributed by atoms with Crippen LogP contribution in [-0.2, 0) is 9.59 Å². The minimum Gasteiger partial charge on any atom is -0.481 e. The van der Waals surface area contributed by atoms with Gasteiger partial charge in [-0.1, -0.05) is 13.3 Å². The summed E-state index contributed by atoms with van der Waals surface area (Å²) in [6, 6.07) is 0.761. The maximum absolute atomic E-state index is 11.4. The van der Waals surface area contributed by atoms with E-state index in [4.69, 9.17) is 5.11 Å². The lowest BCUT2D eigenvalue weighted by molar-refractivity contribution is -0.141. The van der Waals surface area contributed by atoms with Crippen molar-refractivity contribution in [2.45, 2.75) is 64.5 Å². The Morgan fingerprint density at radius 2 is 1.95 bits per heavy atom. The van der Waals surface area contributed by atoms with E-state index in [1.165, 1.54) is 0 Å². The van der Waals surface area contributed by atoms with Gasteiger partial charge in [0.25, 0.3) is 0 Å². The third kappa shape index (κ3) is 7.82. The van der Waals surface area contributed by atoms with Gasteiger partial charge in [0.2, 0.25) is 5.91 Å². The van der Waals surface area contributed by atoms with Crippen molar-refractivity contribution in [2.24, 2.45) is 5.92 Å². The summed E-state index contributed by atoms with van der Waals surface area (Å²) < 4.78 is 0. The van der Waals surface area contributed by atoms with E-state index in [9.17, 15) is 9.59 Å². The Kier molecular flexibility index (Phi) is 6.84. The largest absolute Gasteiger partial charge is 0.481 e. The molecule has 0 saturated heterocycles. The summed E-state index contributed by atoms with van der Waals surface area (Å²) in [5, 5.41) is 15.0. The molecule has 0 radical (unpaired) electrons. The number of rotatable bonds is 10. The van der Waals surface area contributed by atoms with Crippen LogP contribution in [0.3, 0.4) is 0 Å². The number of hydrogen-bond acceptors (Lipinski definition) is 3. The predicted octanol–water partition coefficient (Wildman–Crippen LogP) is 1.52. The van der Waals surface area contributed by atoms with E-state index in [-0.39, 0.29) is 11.8 Å². The Labute approximate surface area is 115 Å². The van der Waals surface area contributed by atoms with Crippen LogP contribution in [-0.4, -0.2) is 35.6 Å². The van der Waals surface area contributed by atoms with Gasteiger partial charge >= 0.3 is 5.97 Å². The van der Waals surface area contributed by atoms with E-state index < -0.39 is 5.97 Å². The molecule has 1 fully saturated rings. The number of carbonyl (C=O) groups excluding carboxylic acids is 1. The molecule has 0 heterocycles. The molecule has 3 N–H and O–H groups in total. The first-order valence-corrected chi connectivity index (χ1v) is 7.24. The van der Waals surface area contributed by atoms with Crippen LogP contribution in [0.4, 0.5) is 0 Å². The Bertz CT molecular complexity index is 303. The van der Waals surface area contributed by atoms with Gasteiger partial charge in [0.05, 0.1) is 5.92 Å². The van der Waals surface area contributed by atoms with Gasteiger partial charge in [0.1, 0.15) is 0 Å². The summed E-state index contributed by atoms with van der Waals surface area (Å²) in [5.41, 5.74) is 0. The molecule has 0 aromatic heterocycles. The van der Waals surface area contributed by atoms with E-state index in [0.717, 1.165) is 25.7 Å². The Hall–Kier alpha value is -1.10. The fraction of sp³-hybridized carbons (Fsp3) is 0.857. The van der Waals surface area contributed by atoms with Crippen molar-refractivity contribution in [3.05, 3.63) is 0 Å². The molecular formula is C14H26N2O3. The molecule has 0 spiro atoms. The number of amides is 1. The lowest BCUT2D eigenvalue weighted by Gasteiger charge is -2.14. The first-order chi connectivity index (χ1) is 8.99. The fourth-order valence-electron chi connectivity index (χ4n) is 1.92. The maximum atomic E-state index is 11.4. The molecule has 0 bridgehead atoms. The molecule has 1 rings (SSSR count). The van der Waals surface area contributed by atoms with E-state index in [1.54, 1.807) is 6.92 Å². The van der Waals surface area contributed by atoms with Crippen LogP contribution in [0.25, 0.3) is 0 Å². The second-order valence-corrected chi connectivity index (χ2v) is 5.62. The summed E-state index contributed by atoms with van der Waals surface area (Å²) in [6.07, 6.45) is 5.32. The highest BCUT2D eigenvalue weighted by Gasteiger charge is 2.22. The smallest absolute Gasteiger partial charge is 0.306 e. The van der Waals surface area contributed by atoms with Crippen LogP contribution in [0, 0.1) is 5.92 Å². The average Bonchev–Trinajstić information content (AvgIpc) is 3.12. The van der Waals surface area contributed by atoms with Crippen molar-refractivity contribution in [3.8, 4) is 0 Å². The zero-order chi connectivity index (χ0) is 14.3. The van der Waals surface area contributed by atoms with Crippen LogP contribution in [0.15, 0.2) is 0 Å². The second-order valence-electron chi connectivity index (χ2n) is 5.62. The minimum atomic E-state index is -0.725. The topological polar surface area (TPSA) is 78.4 Å². The van der Waals surface area contributed by atoms with Gasteiger partial charge in [-0.15, -0.1) is 0 Å². The highest BCUT2D eigenvalue weighted by molar-refractivity contribution is 5.76. The van der Waals surface area contributed by atoms with Gasteiger partial charge in [-0.2, -0.15) is 0 Å². The Balaban J connectivity index is 1.96. The zero-order valence-electron chi connectivity index (χ0n) is 11.9. The van der Waals surface area contributed by atoms with Gasteiger partial charge in [-0.3, -0.25) is 9.59 Å². The average molecular weight is 270 g/mol. The number of hydrogen-bond donors (Lipinski definition) is 3. The lowest BCUT2D eigenvalue weighted by atomic mass is 10.0. The van der Waals surface area contributed by atoms with Crippen molar-refractivity contribution < 1.29 is 14.7 Å². The molecule has 1 amide bonds. The van der Waals surface area contributed by atoms with E-state index in [1.807, 2.05) is 0 Å². The van der Waals surface area contributed by atoms with Gasteiger partial charge in [0.15, 0.2) is 0 Å². The quantitative estimate of drug-likeness (QED) is 0.562. The van der Waals surface area contributed by atoms with E-state index in [0.29, 0.717) is 31.5 Å². The number of carboxylic acid groups (broad SMARTS) is 1. The van der Waals surface area contributed by atoms with Crippen LogP contribution in [0.5, 0.6) is 0 Å². The van der Waals surface area contributed by atoms with Gasteiger partial charge in [-0.25, -0.2) is 0 Å². The predicted molar refractivity (Wildman–Crippen MR) is 73.9 cm³/mol.